The van der Waals surface area contributed by atoms with Crippen LogP contribution in [0.25, 0.3) is 0 Å². The molecule has 31 heavy (non-hydrogen) atoms. The molecule has 5 nitrogen and oxygen atoms in total. The van der Waals surface area contributed by atoms with Crippen LogP contribution < -0.4 is 11.1 Å². The van der Waals surface area contributed by atoms with Gasteiger partial charge in [0.2, 0.25) is 5.91 Å². The predicted molar refractivity (Wildman–Crippen MR) is 122 cm³/mol. The lowest BCUT2D eigenvalue weighted by Crippen LogP contribution is -2.37. The fourth-order valence-corrected chi connectivity index (χ4v) is 4.70. The molecule has 0 radical (unpaired) electrons. The predicted octanol–water partition coefficient (Wildman–Crippen LogP) is 3.94. The number of nitrogens with one attached hydrogen (secondary N) is 1. The van der Waals surface area contributed by atoms with Crippen LogP contribution in [0.3, 0.4) is 0 Å². The molecular formula is C26H29N3O2. The first-order valence-electron chi connectivity index (χ1n) is 10.9. The van der Waals surface area contributed by atoms with Crippen molar-refractivity contribution in [1.29, 1.82) is 0 Å². The average molecular weight is 416 g/mol. The van der Waals surface area contributed by atoms with E-state index in [0.717, 1.165) is 19.3 Å². The molecule has 2 bridgehead atoms. The van der Waals surface area contributed by atoms with Gasteiger partial charge in [-0.3, -0.25) is 9.59 Å². The summed E-state index contributed by atoms with van der Waals surface area (Å²) in [6.45, 7) is 1.73. The van der Waals surface area contributed by atoms with Crippen LogP contribution in [0.5, 0.6) is 0 Å². The Kier molecular flexibility index (Phi) is 6.21. The molecule has 5 heteroatoms. The number of hydrogen-bond acceptors (Lipinski definition) is 3. The standard InChI is InChI=1S/C26H29N3O2/c1-2-22(27)26(31)28-19(13-12-18-8-4-3-5-9-18)14-17-25(30)29-23-15-16-24(29)21-11-7-6-10-20(21)23/h2-11,14,17,19,23-24H,12-13,15-16,27H2,1H3,(H,28,31)/b17-14+,22-2-/t19-,23-,24+/m0/s1. The van der Waals surface area contributed by atoms with Crippen LogP contribution in [0.4, 0.5) is 0 Å². The molecule has 3 N–H and O–H groups in total. The number of amides is 2. The molecule has 0 aliphatic carbocycles. The Morgan fingerprint density at radius 2 is 1.68 bits per heavy atom. The monoisotopic (exact) mass is 415 g/mol. The van der Waals surface area contributed by atoms with Crippen molar-refractivity contribution in [3.8, 4) is 0 Å². The zero-order valence-electron chi connectivity index (χ0n) is 17.8. The number of fused-ring (bicyclic) bond motifs is 5. The lowest BCUT2D eigenvalue weighted by atomic mass is 9.92. The van der Waals surface area contributed by atoms with Crippen LogP contribution in [0, 0.1) is 0 Å². The van der Waals surface area contributed by atoms with E-state index in [-0.39, 0.29) is 35.6 Å². The Morgan fingerprint density at radius 3 is 2.29 bits per heavy atom. The zero-order valence-corrected chi connectivity index (χ0v) is 17.8. The van der Waals surface area contributed by atoms with E-state index in [1.54, 1.807) is 19.1 Å². The highest BCUT2D eigenvalue weighted by Gasteiger charge is 2.45. The number of benzene rings is 2. The number of carbonyl (C=O) groups excluding carboxylic acids is 2. The third kappa shape index (κ3) is 4.41. The van der Waals surface area contributed by atoms with Gasteiger partial charge in [0.15, 0.2) is 0 Å². The highest BCUT2D eigenvalue weighted by atomic mass is 16.2. The smallest absolute Gasteiger partial charge is 0.267 e. The van der Waals surface area contributed by atoms with Gasteiger partial charge in [-0.05, 0) is 49.3 Å². The van der Waals surface area contributed by atoms with E-state index in [1.807, 2.05) is 41.3 Å². The van der Waals surface area contributed by atoms with E-state index >= 15 is 0 Å². The molecule has 4 rings (SSSR count). The van der Waals surface area contributed by atoms with Crippen molar-refractivity contribution in [3.63, 3.8) is 0 Å². The molecule has 1 saturated heterocycles. The quantitative estimate of drug-likeness (QED) is 0.673. The van der Waals surface area contributed by atoms with Crippen molar-refractivity contribution >= 4 is 11.8 Å². The minimum Gasteiger partial charge on any atom is -0.395 e. The molecule has 2 amide bonds. The third-order valence-electron chi connectivity index (χ3n) is 6.30. The summed E-state index contributed by atoms with van der Waals surface area (Å²) in [5.74, 6) is -0.312. The highest BCUT2D eigenvalue weighted by Crippen LogP contribution is 2.52. The van der Waals surface area contributed by atoms with Gasteiger partial charge in [-0.1, -0.05) is 66.7 Å². The van der Waals surface area contributed by atoms with Gasteiger partial charge in [-0.2, -0.15) is 0 Å². The summed E-state index contributed by atoms with van der Waals surface area (Å²) < 4.78 is 0. The van der Waals surface area contributed by atoms with Crippen molar-refractivity contribution < 1.29 is 9.59 Å². The maximum absolute atomic E-state index is 13.1. The van der Waals surface area contributed by atoms with Crippen LogP contribution in [-0.2, 0) is 16.0 Å². The molecule has 2 aromatic rings. The molecule has 3 atom stereocenters. The van der Waals surface area contributed by atoms with Crippen molar-refractivity contribution in [2.45, 2.75) is 50.7 Å². The first kappa shape index (κ1) is 20.9. The number of nitrogens with two attached hydrogens (primary N) is 1. The molecular weight excluding hydrogens is 386 g/mol. The van der Waals surface area contributed by atoms with Crippen LogP contribution in [0.2, 0.25) is 0 Å². The van der Waals surface area contributed by atoms with E-state index in [2.05, 4.69) is 29.6 Å². The molecule has 0 unspecified atom stereocenters. The summed E-state index contributed by atoms with van der Waals surface area (Å²) in [6, 6.07) is 18.5. The van der Waals surface area contributed by atoms with Gasteiger partial charge in [0.05, 0.1) is 17.8 Å². The fraction of sp³-hybridized carbons (Fsp3) is 0.308. The SMILES string of the molecule is C/C=C(\N)C(=O)N[C@H](/C=C/C(=O)N1[C@@H]2CC[C@H]1c1ccccc12)CCc1ccccc1. The van der Waals surface area contributed by atoms with Crippen LogP contribution in [0.1, 0.15) is 55.0 Å². The van der Waals surface area contributed by atoms with Gasteiger partial charge >= 0.3 is 0 Å². The van der Waals surface area contributed by atoms with Crippen molar-refractivity contribution in [1.82, 2.24) is 10.2 Å². The third-order valence-corrected chi connectivity index (χ3v) is 6.30. The van der Waals surface area contributed by atoms with Gasteiger partial charge in [0.25, 0.3) is 5.91 Å². The molecule has 0 spiro atoms. The number of carbonyl (C=O) groups is 2. The van der Waals surface area contributed by atoms with Gasteiger partial charge in [-0.25, -0.2) is 0 Å². The molecule has 2 heterocycles. The fourth-order valence-electron chi connectivity index (χ4n) is 4.70. The minimum atomic E-state index is -0.314. The Morgan fingerprint density at radius 1 is 1.06 bits per heavy atom. The van der Waals surface area contributed by atoms with Gasteiger partial charge in [-0.15, -0.1) is 0 Å². The van der Waals surface area contributed by atoms with E-state index in [9.17, 15) is 9.59 Å². The van der Waals surface area contributed by atoms with Crippen molar-refractivity contribution in [2.75, 3.05) is 0 Å². The number of aryl methyl sites for hydroxylation is 1. The van der Waals surface area contributed by atoms with Crippen LogP contribution in [0.15, 0.2) is 78.5 Å². The second kappa shape index (κ2) is 9.21. The number of allylic oxidation sites excluding steroid dienone is 1. The Hall–Kier alpha value is -3.34. The van der Waals surface area contributed by atoms with E-state index in [4.69, 9.17) is 5.73 Å². The maximum atomic E-state index is 13.1. The highest BCUT2D eigenvalue weighted by molar-refractivity contribution is 5.93. The molecule has 2 aliphatic heterocycles. The number of nitrogens with zero attached hydrogens (tertiary/aromatic N) is 1. The zero-order chi connectivity index (χ0) is 21.8. The summed E-state index contributed by atoms with van der Waals surface area (Å²) in [4.78, 5) is 27.4. The molecule has 2 aromatic carbocycles. The molecule has 0 saturated carbocycles. The minimum absolute atomic E-state index is 0.00154. The number of hydrogen-bond donors (Lipinski definition) is 2. The van der Waals surface area contributed by atoms with Gasteiger partial charge < -0.3 is 16.0 Å². The first-order valence-corrected chi connectivity index (χ1v) is 10.9. The van der Waals surface area contributed by atoms with Crippen molar-refractivity contribution in [3.05, 3.63) is 95.2 Å². The average Bonchev–Trinajstić information content (AvgIpc) is 3.38. The van der Waals surface area contributed by atoms with Gasteiger partial charge in [0.1, 0.15) is 0 Å². The normalized spacial score (nSPS) is 20.7. The van der Waals surface area contributed by atoms with E-state index < -0.39 is 0 Å². The molecule has 2 aliphatic rings. The van der Waals surface area contributed by atoms with E-state index in [0.29, 0.717) is 6.42 Å². The lowest BCUT2D eigenvalue weighted by molar-refractivity contribution is -0.128. The topological polar surface area (TPSA) is 75.4 Å². The Labute approximate surface area is 183 Å². The number of rotatable bonds is 7. The van der Waals surface area contributed by atoms with Crippen LogP contribution in [-0.4, -0.2) is 22.8 Å². The summed E-state index contributed by atoms with van der Waals surface area (Å²) in [5, 5.41) is 2.95. The van der Waals surface area contributed by atoms with Gasteiger partial charge in [0, 0.05) is 12.1 Å². The van der Waals surface area contributed by atoms with E-state index in [1.165, 1.54) is 16.7 Å². The lowest BCUT2D eigenvalue weighted by Gasteiger charge is -2.21. The van der Waals surface area contributed by atoms with Crippen molar-refractivity contribution in [2.24, 2.45) is 5.73 Å². The summed E-state index contributed by atoms with van der Waals surface area (Å²) in [5.41, 5.74) is 9.68. The second-order valence-electron chi connectivity index (χ2n) is 8.19. The first-order chi connectivity index (χ1) is 15.1. The molecule has 1 fully saturated rings. The molecule has 160 valence electrons. The molecule has 0 aromatic heterocycles. The second-order valence-corrected chi connectivity index (χ2v) is 8.19. The Balaban J connectivity index is 1.46. The largest absolute Gasteiger partial charge is 0.395 e. The van der Waals surface area contributed by atoms with Crippen LogP contribution >= 0.6 is 0 Å². The summed E-state index contributed by atoms with van der Waals surface area (Å²) in [7, 11) is 0. The Bertz CT molecular complexity index is 981. The summed E-state index contributed by atoms with van der Waals surface area (Å²) in [6.07, 6.45) is 8.51. The maximum Gasteiger partial charge on any atom is 0.267 e. The summed E-state index contributed by atoms with van der Waals surface area (Å²) >= 11 is 0.